The zero-order chi connectivity index (χ0) is 19.4. The Morgan fingerprint density at radius 2 is 1.89 bits per heavy atom. The molecule has 1 aliphatic heterocycles. The second-order valence-corrected chi connectivity index (χ2v) is 6.77. The van der Waals surface area contributed by atoms with E-state index in [0.717, 1.165) is 5.56 Å². The highest BCUT2D eigenvalue weighted by molar-refractivity contribution is 6.30. The Morgan fingerprint density at radius 3 is 2.52 bits per heavy atom. The number of halogens is 1. The van der Waals surface area contributed by atoms with Crippen LogP contribution in [0.2, 0.25) is 5.02 Å². The van der Waals surface area contributed by atoms with Crippen LogP contribution in [0.4, 0.5) is 5.69 Å². The first-order valence-electron chi connectivity index (χ1n) is 8.48. The van der Waals surface area contributed by atoms with E-state index >= 15 is 0 Å². The largest absolute Gasteiger partial charge is 0.457 e. The van der Waals surface area contributed by atoms with Gasteiger partial charge in [-0.3, -0.25) is 15.4 Å². The Balaban J connectivity index is 1.61. The molecule has 0 aromatic heterocycles. The van der Waals surface area contributed by atoms with Crippen LogP contribution in [-0.4, -0.2) is 36.3 Å². The van der Waals surface area contributed by atoms with Crippen molar-refractivity contribution < 1.29 is 19.2 Å². The summed E-state index contributed by atoms with van der Waals surface area (Å²) >= 11 is 5.93. The molecular formula is C19H19ClN2O5. The highest BCUT2D eigenvalue weighted by Gasteiger charge is 2.29. The molecule has 1 aliphatic rings. The van der Waals surface area contributed by atoms with E-state index < -0.39 is 17.0 Å². The average molecular weight is 391 g/mol. The van der Waals surface area contributed by atoms with E-state index in [1.165, 1.54) is 24.3 Å². The fourth-order valence-corrected chi connectivity index (χ4v) is 2.99. The molecule has 3 rings (SSSR count). The number of nitrogens with zero attached hydrogens (tertiary/aromatic N) is 1. The number of rotatable bonds is 5. The zero-order valence-electron chi connectivity index (χ0n) is 14.6. The van der Waals surface area contributed by atoms with Crippen LogP contribution in [0.5, 0.6) is 0 Å². The number of hydrogen-bond donors (Lipinski definition) is 1. The van der Waals surface area contributed by atoms with Crippen molar-refractivity contribution in [3.8, 4) is 0 Å². The number of esters is 1. The lowest BCUT2D eigenvalue weighted by Gasteiger charge is -2.34. The normalized spacial score (nSPS) is 20.7. The highest BCUT2D eigenvalue weighted by atomic mass is 35.5. The average Bonchev–Trinajstić information content (AvgIpc) is 2.68. The van der Waals surface area contributed by atoms with Crippen molar-refractivity contribution in [3.05, 3.63) is 74.8 Å². The lowest BCUT2D eigenvalue weighted by molar-refractivity contribution is -0.384. The molecule has 2 aromatic carbocycles. The predicted molar refractivity (Wildman–Crippen MR) is 99.9 cm³/mol. The minimum atomic E-state index is -0.534. The summed E-state index contributed by atoms with van der Waals surface area (Å²) in [4.78, 5) is 22.5. The monoisotopic (exact) mass is 390 g/mol. The minimum absolute atomic E-state index is 0.0263. The quantitative estimate of drug-likeness (QED) is 0.477. The lowest BCUT2D eigenvalue weighted by atomic mass is 10.0. The van der Waals surface area contributed by atoms with Crippen molar-refractivity contribution in [3.63, 3.8) is 0 Å². The lowest BCUT2D eigenvalue weighted by Crippen LogP contribution is -2.50. The Hall–Kier alpha value is -2.48. The predicted octanol–water partition coefficient (Wildman–Crippen LogP) is 3.52. The van der Waals surface area contributed by atoms with Crippen LogP contribution >= 0.6 is 11.6 Å². The van der Waals surface area contributed by atoms with Crippen LogP contribution < -0.4 is 5.32 Å². The van der Waals surface area contributed by atoms with Crippen LogP contribution in [0.25, 0.3) is 0 Å². The SMILES string of the molecule is CC(OC(=O)c1ccc([N+](=O)[O-])cc1)[C@H]1COC[C@@H](c2ccc(Cl)cc2)N1. The van der Waals surface area contributed by atoms with Gasteiger partial charge in [0, 0.05) is 17.2 Å². The smallest absolute Gasteiger partial charge is 0.338 e. The molecule has 2 aromatic rings. The summed E-state index contributed by atoms with van der Waals surface area (Å²) in [6.07, 6.45) is -0.442. The molecular weight excluding hydrogens is 372 g/mol. The zero-order valence-corrected chi connectivity index (χ0v) is 15.4. The third-order valence-corrected chi connectivity index (χ3v) is 4.69. The molecule has 27 heavy (non-hydrogen) atoms. The van der Waals surface area contributed by atoms with Gasteiger partial charge in [-0.25, -0.2) is 4.79 Å². The van der Waals surface area contributed by atoms with Crippen LogP contribution in [-0.2, 0) is 9.47 Å². The van der Waals surface area contributed by atoms with Crippen LogP contribution in [0, 0.1) is 10.1 Å². The third-order valence-electron chi connectivity index (χ3n) is 4.44. The molecule has 0 amide bonds. The fourth-order valence-electron chi connectivity index (χ4n) is 2.86. The fraction of sp³-hybridized carbons (Fsp3) is 0.316. The van der Waals surface area contributed by atoms with Gasteiger partial charge in [0.25, 0.3) is 5.69 Å². The van der Waals surface area contributed by atoms with Crippen LogP contribution in [0.15, 0.2) is 48.5 Å². The molecule has 0 spiro atoms. The molecule has 0 bridgehead atoms. The van der Waals surface area contributed by atoms with Crippen molar-refractivity contribution in [1.29, 1.82) is 0 Å². The molecule has 3 atom stereocenters. The first-order valence-corrected chi connectivity index (χ1v) is 8.86. The number of nitro groups is 1. The Labute approximate surface area is 161 Å². The van der Waals surface area contributed by atoms with Gasteiger partial charge in [-0.15, -0.1) is 0 Å². The summed E-state index contributed by atoms with van der Waals surface area (Å²) in [6, 6.07) is 12.6. The number of morpholine rings is 1. The summed E-state index contributed by atoms with van der Waals surface area (Å²) in [7, 11) is 0. The van der Waals surface area contributed by atoms with Gasteiger partial charge in [0.1, 0.15) is 6.10 Å². The Morgan fingerprint density at radius 1 is 1.22 bits per heavy atom. The second-order valence-electron chi connectivity index (χ2n) is 6.33. The standard InChI is InChI=1S/C19H19ClN2O5/c1-12(27-19(23)14-4-8-16(9-5-14)22(24)25)17-10-26-11-18(21-17)13-2-6-15(20)7-3-13/h2-9,12,17-18,21H,10-11H2,1H3/t12?,17-,18+/m1/s1. The molecule has 142 valence electrons. The van der Waals surface area contributed by atoms with Gasteiger partial charge in [0.15, 0.2) is 0 Å². The van der Waals surface area contributed by atoms with Gasteiger partial charge in [-0.2, -0.15) is 0 Å². The molecule has 1 N–H and O–H groups in total. The van der Waals surface area contributed by atoms with Crippen molar-refractivity contribution in [2.75, 3.05) is 13.2 Å². The van der Waals surface area contributed by atoms with E-state index in [1.54, 1.807) is 6.92 Å². The number of benzene rings is 2. The number of carbonyl (C=O) groups is 1. The summed E-state index contributed by atoms with van der Waals surface area (Å²) in [6.45, 7) is 2.72. The van der Waals surface area contributed by atoms with E-state index in [4.69, 9.17) is 21.1 Å². The van der Waals surface area contributed by atoms with Crippen LogP contribution in [0.1, 0.15) is 28.9 Å². The summed E-state index contributed by atoms with van der Waals surface area (Å²) in [5.41, 5.74) is 1.23. The van der Waals surface area contributed by atoms with Crippen LogP contribution in [0.3, 0.4) is 0 Å². The number of carbonyl (C=O) groups excluding carboxylic acids is 1. The molecule has 8 heteroatoms. The summed E-state index contributed by atoms with van der Waals surface area (Å²) in [5.74, 6) is -0.534. The summed E-state index contributed by atoms with van der Waals surface area (Å²) in [5, 5.41) is 14.8. The van der Waals surface area contributed by atoms with E-state index in [2.05, 4.69) is 5.32 Å². The third kappa shape index (κ3) is 4.82. The van der Waals surface area contributed by atoms with Gasteiger partial charge in [-0.1, -0.05) is 23.7 Å². The van der Waals surface area contributed by atoms with Crippen molar-refractivity contribution in [2.45, 2.75) is 25.1 Å². The Kier molecular flexibility index (Phi) is 6.05. The number of ether oxygens (including phenoxy) is 2. The van der Waals surface area contributed by atoms with E-state index in [1.807, 2.05) is 24.3 Å². The molecule has 0 aliphatic carbocycles. The van der Waals surface area contributed by atoms with Gasteiger partial charge >= 0.3 is 5.97 Å². The molecule has 1 fully saturated rings. The van der Waals surface area contributed by atoms with Crippen molar-refractivity contribution in [1.82, 2.24) is 5.32 Å². The van der Waals surface area contributed by atoms with Crippen molar-refractivity contribution >= 4 is 23.3 Å². The topological polar surface area (TPSA) is 90.7 Å². The maximum Gasteiger partial charge on any atom is 0.338 e. The van der Waals surface area contributed by atoms with Gasteiger partial charge in [-0.05, 0) is 36.8 Å². The van der Waals surface area contributed by atoms with E-state index in [0.29, 0.717) is 18.2 Å². The molecule has 1 heterocycles. The van der Waals surface area contributed by atoms with Gasteiger partial charge < -0.3 is 9.47 Å². The van der Waals surface area contributed by atoms with Gasteiger partial charge in [0.05, 0.1) is 35.8 Å². The van der Waals surface area contributed by atoms with E-state index in [-0.39, 0.29) is 23.3 Å². The maximum absolute atomic E-state index is 12.3. The van der Waals surface area contributed by atoms with Crippen molar-refractivity contribution in [2.24, 2.45) is 0 Å². The number of hydrogen-bond acceptors (Lipinski definition) is 6. The summed E-state index contributed by atoms with van der Waals surface area (Å²) < 4.78 is 11.2. The molecule has 7 nitrogen and oxygen atoms in total. The molecule has 1 unspecified atom stereocenters. The number of nitrogens with one attached hydrogen (secondary N) is 1. The second kappa shape index (κ2) is 8.47. The van der Waals surface area contributed by atoms with E-state index in [9.17, 15) is 14.9 Å². The molecule has 0 radical (unpaired) electrons. The highest BCUT2D eigenvalue weighted by Crippen LogP contribution is 2.22. The first-order chi connectivity index (χ1) is 12.9. The van der Waals surface area contributed by atoms with Gasteiger partial charge in [0.2, 0.25) is 0 Å². The maximum atomic E-state index is 12.3. The number of non-ortho nitro benzene ring substituents is 1. The first kappa shape index (κ1) is 19.3. The Bertz CT molecular complexity index is 810. The number of nitro benzene ring substituents is 1. The molecule has 1 saturated heterocycles. The molecule has 0 saturated carbocycles. The minimum Gasteiger partial charge on any atom is -0.457 e.